The number of benzene rings is 5. The summed E-state index contributed by atoms with van der Waals surface area (Å²) in [5, 5.41) is 6.30. The minimum absolute atomic E-state index is 0. The normalized spacial score (nSPS) is 11.9. The zero-order valence-corrected chi connectivity index (χ0v) is 40.5. The number of thiophene rings is 1. The second kappa shape index (κ2) is 18.4. The molecular formula is C53H57IrN3SSi-2. The molecule has 1 radical (unpaired) electrons. The molecule has 5 aromatic carbocycles. The minimum atomic E-state index is -1.34. The second-order valence-corrected chi connectivity index (χ2v) is 24.4. The zero-order chi connectivity index (χ0) is 41.2. The standard InChI is InChI=1S/C35H33N2S.C18H24NSi.Ir/c1-23(2)20-24-10-19-29-30(22-38-33(29)21-24)34-36-31-8-6-7-9-32(31)37(34)28-17-13-26(14-18-28)25-11-15-27(16-12-25)35(3,4)5;1-14(2)11-16-12-17(15-9-7-6-8-10-15)19-13-18(16)20(3,4)5;/h6-19,21,23H,20H2,1-5H3;6-9,12-14H,11H2,1-5H3;/q2*-1;. The number of para-hydroxylation sites is 2. The summed E-state index contributed by atoms with van der Waals surface area (Å²) in [5.41, 5.74) is 13.2. The molecule has 3 aromatic heterocycles. The van der Waals surface area contributed by atoms with Crippen LogP contribution in [-0.4, -0.2) is 22.6 Å². The molecule has 3 nitrogen and oxygen atoms in total. The second-order valence-electron chi connectivity index (χ2n) is 18.5. The van der Waals surface area contributed by atoms with E-state index in [-0.39, 0.29) is 25.5 Å². The van der Waals surface area contributed by atoms with Crippen LogP contribution in [0.15, 0.2) is 128 Å². The quantitative estimate of drug-likeness (QED) is 0.107. The van der Waals surface area contributed by atoms with Gasteiger partial charge in [-0.25, -0.2) is 0 Å². The van der Waals surface area contributed by atoms with E-state index in [0.29, 0.717) is 11.8 Å². The molecule has 0 fully saturated rings. The maximum absolute atomic E-state index is 5.10. The molecule has 59 heavy (non-hydrogen) atoms. The van der Waals surface area contributed by atoms with Gasteiger partial charge in [-0.05, 0) is 81.9 Å². The topological polar surface area (TPSA) is 30.7 Å². The molecule has 3 heterocycles. The summed E-state index contributed by atoms with van der Waals surface area (Å²) in [6.45, 7) is 23.0. The monoisotopic (exact) mass is 988 g/mol. The Kier molecular flexibility index (Phi) is 13.8. The summed E-state index contributed by atoms with van der Waals surface area (Å²) >= 11 is 1.69. The van der Waals surface area contributed by atoms with Crippen LogP contribution in [0, 0.1) is 23.3 Å². The first-order chi connectivity index (χ1) is 27.7. The van der Waals surface area contributed by atoms with Crippen molar-refractivity contribution < 1.29 is 20.1 Å². The van der Waals surface area contributed by atoms with Gasteiger partial charge in [-0.15, -0.1) is 47.3 Å². The Morgan fingerprint density at radius 1 is 0.746 bits per heavy atom. The molecule has 0 atom stereocenters. The Morgan fingerprint density at radius 2 is 1.41 bits per heavy atom. The summed E-state index contributed by atoms with van der Waals surface area (Å²) in [5.74, 6) is 2.25. The maximum Gasteiger partial charge on any atom is 0.0798 e. The molecule has 0 saturated carbocycles. The Morgan fingerprint density at radius 3 is 2.03 bits per heavy atom. The molecule has 6 heteroatoms. The summed E-state index contributed by atoms with van der Waals surface area (Å²) in [4.78, 5) is 9.79. The summed E-state index contributed by atoms with van der Waals surface area (Å²) in [6, 6.07) is 46.6. The minimum Gasteiger partial charge on any atom is -0.333 e. The Bertz CT molecular complexity index is 2620. The van der Waals surface area contributed by atoms with Gasteiger partial charge in [0.25, 0.3) is 0 Å². The van der Waals surface area contributed by atoms with Gasteiger partial charge in [0.2, 0.25) is 0 Å². The molecule has 0 unspecified atom stereocenters. The number of fused-ring (bicyclic) bond motifs is 2. The van der Waals surface area contributed by atoms with Gasteiger partial charge < -0.3 is 9.55 Å². The fourth-order valence-corrected chi connectivity index (χ4v) is 10.2. The van der Waals surface area contributed by atoms with Gasteiger partial charge in [-0.2, -0.15) is 0 Å². The van der Waals surface area contributed by atoms with Crippen LogP contribution in [0.5, 0.6) is 0 Å². The molecule has 0 saturated heterocycles. The molecule has 8 rings (SSSR count). The Labute approximate surface area is 371 Å². The molecule has 0 spiro atoms. The van der Waals surface area contributed by atoms with Gasteiger partial charge in [0.15, 0.2) is 0 Å². The van der Waals surface area contributed by atoms with Crippen molar-refractivity contribution in [2.75, 3.05) is 0 Å². The Balaban J connectivity index is 0.000000236. The van der Waals surface area contributed by atoms with Crippen LogP contribution in [0.3, 0.4) is 0 Å². The van der Waals surface area contributed by atoms with Crippen molar-refractivity contribution in [3.63, 3.8) is 0 Å². The average molecular weight is 988 g/mol. The van der Waals surface area contributed by atoms with E-state index in [4.69, 9.17) is 4.98 Å². The molecule has 0 N–H and O–H groups in total. The third-order valence-electron chi connectivity index (χ3n) is 10.6. The largest absolute Gasteiger partial charge is 0.333 e. The molecule has 305 valence electrons. The van der Waals surface area contributed by atoms with E-state index < -0.39 is 8.07 Å². The van der Waals surface area contributed by atoms with E-state index in [1.165, 1.54) is 43.1 Å². The number of hydrogen-bond acceptors (Lipinski definition) is 3. The molecule has 0 amide bonds. The van der Waals surface area contributed by atoms with Gasteiger partial charge in [-0.3, -0.25) is 16.3 Å². The van der Waals surface area contributed by atoms with Gasteiger partial charge in [0, 0.05) is 32.0 Å². The molecular weight excluding hydrogens is 931 g/mol. The van der Waals surface area contributed by atoms with Crippen molar-refractivity contribution in [3.8, 4) is 39.5 Å². The van der Waals surface area contributed by atoms with Crippen molar-refractivity contribution in [1.82, 2.24) is 14.5 Å². The first-order valence-corrected chi connectivity index (χ1v) is 25.1. The van der Waals surface area contributed by atoms with Gasteiger partial charge >= 0.3 is 0 Å². The van der Waals surface area contributed by atoms with Crippen LogP contribution >= 0.6 is 11.3 Å². The van der Waals surface area contributed by atoms with Crippen LogP contribution in [0.4, 0.5) is 0 Å². The molecule has 0 aliphatic rings. The first-order valence-electron chi connectivity index (χ1n) is 20.7. The summed E-state index contributed by atoms with van der Waals surface area (Å²) in [7, 11) is -1.34. The molecule has 8 aromatic rings. The molecule has 0 aliphatic carbocycles. The Hall–Kier alpha value is -4.45. The summed E-state index contributed by atoms with van der Waals surface area (Å²) in [6.07, 6.45) is 4.33. The van der Waals surface area contributed by atoms with Crippen LogP contribution in [0.2, 0.25) is 19.6 Å². The third kappa shape index (κ3) is 10.3. The smallest absolute Gasteiger partial charge is 0.0798 e. The van der Waals surface area contributed by atoms with E-state index in [9.17, 15) is 0 Å². The van der Waals surface area contributed by atoms with Crippen LogP contribution in [0.25, 0.3) is 60.6 Å². The number of aromatic nitrogens is 3. The fraction of sp³-hybridized carbons (Fsp3) is 0.283. The molecule has 0 bridgehead atoms. The summed E-state index contributed by atoms with van der Waals surface area (Å²) < 4.78 is 3.55. The van der Waals surface area contributed by atoms with E-state index in [1.807, 2.05) is 18.2 Å². The van der Waals surface area contributed by atoms with Gasteiger partial charge in [-0.1, -0.05) is 162 Å². The number of nitrogens with zero attached hydrogens (tertiary/aromatic N) is 3. The van der Waals surface area contributed by atoms with Crippen molar-refractivity contribution in [2.45, 2.75) is 86.4 Å². The van der Waals surface area contributed by atoms with Crippen LogP contribution in [-0.2, 0) is 38.4 Å². The van der Waals surface area contributed by atoms with E-state index in [0.717, 1.165) is 52.2 Å². The number of pyridine rings is 1. The van der Waals surface area contributed by atoms with Crippen molar-refractivity contribution in [2.24, 2.45) is 11.8 Å². The van der Waals surface area contributed by atoms with Gasteiger partial charge in [0.05, 0.1) is 24.9 Å². The van der Waals surface area contributed by atoms with E-state index >= 15 is 0 Å². The first kappa shape index (κ1) is 44.1. The van der Waals surface area contributed by atoms with Crippen molar-refractivity contribution in [3.05, 3.63) is 156 Å². The predicted octanol–water partition coefficient (Wildman–Crippen LogP) is 14.2. The van der Waals surface area contributed by atoms with E-state index in [1.54, 1.807) is 11.3 Å². The van der Waals surface area contributed by atoms with Crippen LogP contribution < -0.4 is 5.19 Å². The van der Waals surface area contributed by atoms with Gasteiger partial charge in [0.1, 0.15) is 0 Å². The van der Waals surface area contributed by atoms with Crippen LogP contribution in [0.1, 0.15) is 65.2 Å². The zero-order valence-electron chi connectivity index (χ0n) is 36.3. The molecule has 0 aliphatic heterocycles. The number of rotatable bonds is 9. The predicted molar refractivity (Wildman–Crippen MR) is 253 cm³/mol. The van der Waals surface area contributed by atoms with Crippen molar-refractivity contribution >= 4 is 45.7 Å². The third-order valence-corrected chi connectivity index (χ3v) is 13.6. The van der Waals surface area contributed by atoms with Crippen molar-refractivity contribution in [1.29, 1.82) is 0 Å². The van der Waals surface area contributed by atoms with E-state index in [2.05, 4.69) is 198 Å². The maximum atomic E-state index is 5.10. The number of imidazole rings is 1. The fourth-order valence-electron chi connectivity index (χ4n) is 7.68. The average Bonchev–Trinajstić information content (AvgIpc) is 3.79. The number of hydrogen-bond donors (Lipinski definition) is 0. The SMILES string of the molecule is CC(C)Cc1cc(-c2[c-]cccc2)ncc1[Si](C)(C)C.CC(C)Cc1ccc2c(-c3nc4ccccc4n3-c3ccc(-c4ccc(C(C)(C)C)cc4)cc3)[c-]sc2c1.[Ir].